The predicted molar refractivity (Wildman–Crippen MR) is 51.2 cm³/mol. The first-order valence-electron chi connectivity index (χ1n) is 4.94. The molecule has 2 saturated heterocycles. The van der Waals surface area contributed by atoms with E-state index >= 15 is 0 Å². The van der Waals surface area contributed by atoms with Gasteiger partial charge in [-0.25, -0.2) is 0 Å². The number of hydrogen-bond acceptors (Lipinski definition) is 2. The molecule has 1 spiro atoms. The molecule has 1 atom stereocenters. The molecule has 0 bridgehead atoms. The van der Waals surface area contributed by atoms with Crippen LogP contribution in [0.4, 0.5) is 0 Å². The van der Waals surface area contributed by atoms with Gasteiger partial charge in [0, 0.05) is 12.1 Å². The molecule has 2 radical (unpaired) electrons. The molecule has 0 aromatic carbocycles. The van der Waals surface area contributed by atoms with Gasteiger partial charge in [0.05, 0.1) is 0 Å². The molecule has 2 heterocycles. The van der Waals surface area contributed by atoms with E-state index in [0.29, 0.717) is 5.54 Å². The SMILES string of the molecule is [B]N1CCCCC12CCN(C)C2. The van der Waals surface area contributed by atoms with E-state index < -0.39 is 0 Å². The van der Waals surface area contributed by atoms with E-state index in [-0.39, 0.29) is 0 Å². The fraction of sp³-hybridized carbons (Fsp3) is 1.00. The lowest BCUT2D eigenvalue weighted by molar-refractivity contribution is 0.142. The Morgan fingerprint density at radius 2 is 2.00 bits per heavy atom. The van der Waals surface area contributed by atoms with E-state index in [9.17, 15) is 0 Å². The first kappa shape index (κ1) is 8.58. The van der Waals surface area contributed by atoms with Gasteiger partial charge in [-0.1, -0.05) is 6.42 Å². The average molecular weight is 164 g/mol. The highest BCUT2D eigenvalue weighted by atomic mass is 15.2. The lowest BCUT2D eigenvalue weighted by Crippen LogP contribution is -2.51. The van der Waals surface area contributed by atoms with Crippen molar-refractivity contribution in [1.82, 2.24) is 9.71 Å². The summed E-state index contributed by atoms with van der Waals surface area (Å²) in [5.74, 6) is 0. The minimum Gasteiger partial charge on any atom is -0.347 e. The van der Waals surface area contributed by atoms with E-state index in [1.54, 1.807) is 0 Å². The Bertz CT molecular complexity index is 170. The Labute approximate surface area is 76.3 Å². The highest BCUT2D eigenvalue weighted by Crippen LogP contribution is 2.34. The van der Waals surface area contributed by atoms with Crippen molar-refractivity contribution in [3.8, 4) is 0 Å². The molecule has 1 unspecified atom stereocenters. The van der Waals surface area contributed by atoms with Gasteiger partial charge in [-0.15, -0.1) is 0 Å². The van der Waals surface area contributed by atoms with Crippen LogP contribution in [0.3, 0.4) is 0 Å². The van der Waals surface area contributed by atoms with Gasteiger partial charge in [0.2, 0.25) is 0 Å². The first-order valence-corrected chi connectivity index (χ1v) is 4.94. The summed E-state index contributed by atoms with van der Waals surface area (Å²) in [7, 11) is 8.24. The highest BCUT2D eigenvalue weighted by Gasteiger charge is 2.40. The summed E-state index contributed by atoms with van der Waals surface area (Å²) in [5.41, 5.74) is 0.340. The number of nitrogens with zero attached hydrogens (tertiary/aromatic N) is 2. The van der Waals surface area contributed by atoms with E-state index in [0.717, 1.165) is 6.54 Å². The lowest BCUT2D eigenvalue weighted by atomic mass is 9.83. The summed E-state index contributed by atoms with van der Waals surface area (Å²) < 4.78 is 0. The molecule has 0 amide bonds. The maximum Gasteiger partial charge on any atom is 0.183 e. The Morgan fingerprint density at radius 3 is 2.58 bits per heavy atom. The second kappa shape index (κ2) is 3.04. The van der Waals surface area contributed by atoms with Crippen molar-refractivity contribution < 1.29 is 0 Å². The second-order valence-corrected chi connectivity index (χ2v) is 4.36. The Kier molecular flexibility index (Phi) is 2.17. The van der Waals surface area contributed by atoms with Gasteiger partial charge in [0.1, 0.15) is 0 Å². The predicted octanol–water partition coefficient (Wildman–Crippen LogP) is 0.630. The summed E-state index contributed by atoms with van der Waals surface area (Å²) in [6.07, 6.45) is 5.21. The van der Waals surface area contributed by atoms with Crippen LogP contribution in [0.1, 0.15) is 25.7 Å². The molecule has 0 saturated carbocycles. The fourth-order valence-corrected chi connectivity index (χ4v) is 2.61. The third-order valence-corrected chi connectivity index (χ3v) is 3.42. The van der Waals surface area contributed by atoms with Crippen LogP contribution in [0.25, 0.3) is 0 Å². The van der Waals surface area contributed by atoms with E-state index in [1.165, 1.54) is 38.8 Å². The smallest absolute Gasteiger partial charge is 0.183 e. The summed E-state index contributed by atoms with van der Waals surface area (Å²) in [6.45, 7) is 3.48. The normalized spacial score (nSPS) is 39.4. The standard InChI is InChI=1S/C9H17BN2/c1-11-7-5-9(8-11)4-2-3-6-12(9)10/h2-8H2,1H3. The largest absolute Gasteiger partial charge is 0.347 e. The van der Waals surface area contributed by atoms with Gasteiger partial charge in [0.25, 0.3) is 0 Å². The zero-order valence-electron chi connectivity index (χ0n) is 7.92. The number of hydrogen-bond donors (Lipinski definition) is 0. The van der Waals surface area contributed by atoms with Crippen molar-refractivity contribution in [1.29, 1.82) is 0 Å². The molecule has 66 valence electrons. The minimum absolute atomic E-state index is 0.340. The van der Waals surface area contributed by atoms with Gasteiger partial charge in [-0.2, -0.15) is 0 Å². The van der Waals surface area contributed by atoms with E-state index in [4.69, 9.17) is 7.98 Å². The zero-order chi connectivity index (χ0) is 8.60. The molecule has 2 rings (SSSR count). The van der Waals surface area contributed by atoms with Crippen molar-refractivity contribution in [3.05, 3.63) is 0 Å². The first-order chi connectivity index (χ1) is 5.73. The Hall–Kier alpha value is -0.0151. The Balaban J connectivity index is 2.07. The van der Waals surface area contributed by atoms with Crippen LogP contribution in [-0.2, 0) is 0 Å². The molecular formula is C9H17BN2. The topological polar surface area (TPSA) is 6.48 Å². The maximum atomic E-state index is 6.04. The van der Waals surface area contributed by atoms with Crippen LogP contribution in [-0.4, -0.2) is 49.9 Å². The quantitative estimate of drug-likeness (QED) is 0.484. The number of rotatable bonds is 0. The van der Waals surface area contributed by atoms with Crippen molar-refractivity contribution in [2.75, 3.05) is 26.7 Å². The number of piperidine rings is 1. The third-order valence-electron chi connectivity index (χ3n) is 3.42. The van der Waals surface area contributed by atoms with Crippen LogP contribution in [0, 0.1) is 0 Å². The van der Waals surface area contributed by atoms with Crippen molar-refractivity contribution in [2.24, 2.45) is 0 Å². The number of likely N-dealkylation sites (tertiary alicyclic amines) is 1. The zero-order valence-corrected chi connectivity index (χ0v) is 7.92. The maximum absolute atomic E-state index is 6.04. The van der Waals surface area contributed by atoms with Gasteiger partial charge in [-0.05, 0) is 39.4 Å². The molecule has 2 aliphatic heterocycles. The Morgan fingerprint density at radius 1 is 1.17 bits per heavy atom. The summed E-state index contributed by atoms with van der Waals surface area (Å²) >= 11 is 0. The van der Waals surface area contributed by atoms with Crippen molar-refractivity contribution in [3.63, 3.8) is 0 Å². The van der Waals surface area contributed by atoms with Gasteiger partial charge in [-0.3, -0.25) is 0 Å². The lowest BCUT2D eigenvalue weighted by Gasteiger charge is -2.43. The van der Waals surface area contributed by atoms with Crippen LogP contribution in [0.5, 0.6) is 0 Å². The molecular weight excluding hydrogens is 147 g/mol. The second-order valence-electron chi connectivity index (χ2n) is 4.36. The molecule has 0 aromatic heterocycles. The molecule has 0 aliphatic carbocycles. The number of likely N-dealkylation sites (N-methyl/N-ethyl adjacent to an activating group) is 1. The summed E-state index contributed by atoms with van der Waals surface area (Å²) in [5, 5.41) is 0. The van der Waals surface area contributed by atoms with Gasteiger partial charge in [0.15, 0.2) is 7.98 Å². The van der Waals surface area contributed by atoms with Crippen LogP contribution >= 0.6 is 0 Å². The van der Waals surface area contributed by atoms with Gasteiger partial charge < -0.3 is 9.71 Å². The van der Waals surface area contributed by atoms with E-state index in [1.807, 2.05) is 0 Å². The molecule has 2 fully saturated rings. The van der Waals surface area contributed by atoms with E-state index in [2.05, 4.69) is 16.8 Å². The summed E-state index contributed by atoms with van der Waals surface area (Å²) in [6, 6.07) is 0. The van der Waals surface area contributed by atoms with Crippen LogP contribution in [0.15, 0.2) is 0 Å². The van der Waals surface area contributed by atoms with Crippen molar-refractivity contribution >= 4 is 7.98 Å². The molecule has 2 aliphatic rings. The van der Waals surface area contributed by atoms with Crippen LogP contribution in [0.2, 0.25) is 0 Å². The fourth-order valence-electron chi connectivity index (χ4n) is 2.61. The monoisotopic (exact) mass is 164 g/mol. The molecule has 2 nitrogen and oxygen atoms in total. The molecule has 3 heteroatoms. The van der Waals surface area contributed by atoms with Crippen molar-refractivity contribution in [2.45, 2.75) is 31.2 Å². The van der Waals surface area contributed by atoms with Crippen LogP contribution < -0.4 is 0 Å². The third kappa shape index (κ3) is 1.29. The molecule has 0 aromatic rings. The minimum atomic E-state index is 0.340. The van der Waals surface area contributed by atoms with Gasteiger partial charge >= 0.3 is 0 Å². The average Bonchev–Trinajstić information content (AvgIpc) is 2.41. The molecule has 0 N–H and O–H groups in total. The summed E-state index contributed by atoms with van der Waals surface area (Å²) in [4.78, 5) is 4.49. The molecule has 12 heavy (non-hydrogen) atoms. The highest BCUT2D eigenvalue weighted by molar-refractivity contribution is 6.05.